The van der Waals surface area contributed by atoms with E-state index in [1.807, 2.05) is 0 Å². The zero-order valence-corrected chi connectivity index (χ0v) is 12.6. The van der Waals surface area contributed by atoms with Crippen LogP contribution < -0.4 is 5.32 Å². The number of alkyl halides is 3. The molecule has 0 unspecified atom stereocenters. The van der Waals surface area contributed by atoms with Gasteiger partial charge in [-0.05, 0) is 43.4 Å². The standard InChI is InChI=1S/C14H17BrF3NO/c15-11-4-5-12(14(16,17)18)13(8-11)19-6-1-7-20-9-10-2-3-10/h4-5,8,10,19H,1-3,6-7,9H2. The maximum atomic E-state index is 12.8. The van der Waals surface area contributed by atoms with Crippen LogP contribution in [0.5, 0.6) is 0 Å². The summed E-state index contributed by atoms with van der Waals surface area (Å²) in [6, 6.07) is 3.93. The lowest BCUT2D eigenvalue weighted by Gasteiger charge is -2.15. The van der Waals surface area contributed by atoms with Gasteiger partial charge in [-0.3, -0.25) is 0 Å². The van der Waals surface area contributed by atoms with Crippen LogP contribution in [0.25, 0.3) is 0 Å². The van der Waals surface area contributed by atoms with Crippen LogP contribution in [0.15, 0.2) is 22.7 Å². The van der Waals surface area contributed by atoms with E-state index in [2.05, 4.69) is 21.2 Å². The van der Waals surface area contributed by atoms with Crippen LogP contribution in [0.1, 0.15) is 24.8 Å². The zero-order valence-electron chi connectivity index (χ0n) is 11.0. The van der Waals surface area contributed by atoms with E-state index in [-0.39, 0.29) is 5.69 Å². The normalized spacial score (nSPS) is 15.4. The van der Waals surface area contributed by atoms with Crippen LogP contribution in [-0.4, -0.2) is 19.8 Å². The average molecular weight is 352 g/mol. The van der Waals surface area contributed by atoms with Crippen LogP contribution in [0.4, 0.5) is 18.9 Å². The Labute approximate surface area is 124 Å². The summed E-state index contributed by atoms with van der Waals surface area (Å²) in [7, 11) is 0. The van der Waals surface area contributed by atoms with E-state index in [9.17, 15) is 13.2 Å². The van der Waals surface area contributed by atoms with Crippen molar-refractivity contribution >= 4 is 21.6 Å². The predicted octanol–water partition coefficient (Wildman–Crippen LogP) is 4.70. The highest BCUT2D eigenvalue weighted by Gasteiger charge is 2.33. The number of halogens is 4. The molecule has 6 heteroatoms. The lowest BCUT2D eigenvalue weighted by Crippen LogP contribution is -2.13. The quantitative estimate of drug-likeness (QED) is 0.719. The molecule has 1 aliphatic rings. The van der Waals surface area contributed by atoms with Crippen LogP contribution in [0, 0.1) is 5.92 Å². The summed E-state index contributed by atoms with van der Waals surface area (Å²) in [5, 5.41) is 2.83. The minimum absolute atomic E-state index is 0.106. The van der Waals surface area contributed by atoms with Crippen molar-refractivity contribution in [1.82, 2.24) is 0 Å². The monoisotopic (exact) mass is 351 g/mol. The fourth-order valence-electron chi connectivity index (χ4n) is 1.84. The lowest BCUT2D eigenvalue weighted by atomic mass is 10.1. The largest absolute Gasteiger partial charge is 0.418 e. The Morgan fingerprint density at radius 2 is 2.05 bits per heavy atom. The molecule has 1 fully saturated rings. The second-order valence-electron chi connectivity index (χ2n) is 4.99. The summed E-state index contributed by atoms with van der Waals surface area (Å²) in [4.78, 5) is 0. The highest BCUT2D eigenvalue weighted by atomic mass is 79.9. The van der Waals surface area contributed by atoms with Crippen molar-refractivity contribution in [3.63, 3.8) is 0 Å². The maximum Gasteiger partial charge on any atom is 0.418 e. The molecule has 0 bridgehead atoms. The number of ether oxygens (including phenoxy) is 1. The summed E-state index contributed by atoms with van der Waals surface area (Å²) in [6.07, 6.45) is -1.17. The molecular weight excluding hydrogens is 335 g/mol. The van der Waals surface area contributed by atoms with Gasteiger partial charge in [0.25, 0.3) is 0 Å². The van der Waals surface area contributed by atoms with E-state index in [0.717, 1.165) is 12.7 Å². The van der Waals surface area contributed by atoms with E-state index < -0.39 is 11.7 Å². The van der Waals surface area contributed by atoms with Crippen molar-refractivity contribution in [2.45, 2.75) is 25.4 Å². The van der Waals surface area contributed by atoms with Crippen molar-refractivity contribution in [3.05, 3.63) is 28.2 Å². The molecule has 1 aromatic rings. The molecule has 0 amide bonds. The third-order valence-electron chi connectivity index (χ3n) is 3.12. The van der Waals surface area contributed by atoms with Crippen molar-refractivity contribution < 1.29 is 17.9 Å². The predicted molar refractivity (Wildman–Crippen MR) is 75.8 cm³/mol. The smallest absolute Gasteiger partial charge is 0.384 e. The lowest BCUT2D eigenvalue weighted by molar-refractivity contribution is -0.137. The molecule has 2 nitrogen and oxygen atoms in total. The molecule has 0 aromatic heterocycles. The first kappa shape index (κ1) is 15.6. The molecule has 1 aromatic carbocycles. The Balaban J connectivity index is 1.79. The minimum Gasteiger partial charge on any atom is -0.384 e. The fourth-order valence-corrected chi connectivity index (χ4v) is 2.20. The van der Waals surface area contributed by atoms with E-state index >= 15 is 0 Å². The first-order chi connectivity index (χ1) is 9.47. The molecule has 2 rings (SSSR count). The summed E-state index contributed by atoms with van der Waals surface area (Å²) in [6.45, 7) is 1.83. The molecule has 0 atom stereocenters. The molecule has 20 heavy (non-hydrogen) atoms. The van der Waals surface area contributed by atoms with Crippen molar-refractivity contribution in [1.29, 1.82) is 0 Å². The highest BCUT2D eigenvalue weighted by molar-refractivity contribution is 9.10. The van der Waals surface area contributed by atoms with Gasteiger partial charge in [-0.2, -0.15) is 13.2 Å². The molecule has 112 valence electrons. The van der Waals surface area contributed by atoms with Crippen LogP contribution >= 0.6 is 15.9 Å². The zero-order chi connectivity index (χ0) is 14.6. The summed E-state index contributed by atoms with van der Waals surface area (Å²) in [5.41, 5.74) is -0.534. The molecule has 0 saturated heterocycles. The summed E-state index contributed by atoms with van der Waals surface area (Å²) >= 11 is 3.19. The Hall–Kier alpha value is -0.750. The number of hydrogen-bond donors (Lipinski definition) is 1. The number of nitrogens with one attached hydrogen (secondary N) is 1. The Morgan fingerprint density at radius 3 is 2.70 bits per heavy atom. The van der Waals surface area contributed by atoms with Crippen molar-refractivity contribution in [2.24, 2.45) is 5.92 Å². The van der Waals surface area contributed by atoms with Crippen molar-refractivity contribution in [2.75, 3.05) is 25.1 Å². The maximum absolute atomic E-state index is 12.8. The molecule has 0 aliphatic heterocycles. The van der Waals surface area contributed by atoms with E-state index in [1.165, 1.54) is 25.0 Å². The second-order valence-corrected chi connectivity index (χ2v) is 5.90. The van der Waals surface area contributed by atoms with Crippen LogP contribution in [-0.2, 0) is 10.9 Å². The molecule has 0 heterocycles. The van der Waals surface area contributed by atoms with Gasteiger partial charge in [0, 0.05) is 29.9 Å². The Bertz CT molecular complexity index is 447. The number of benzene rings is 1. The third kappa shape index (κ3) is 4.98. The summed E-state index contributed by atoms with van der Waals surface area (Å²) < 4.78 is 44.5. The van der Waals surface area contributed by atoms with E-state index in [0.29, 0.717) is 30.0 Å². The number of rotatable bonds is 7. The van der Waals surface area contributed by atoms with Gasteiger partial charge in [0.05, 0.1) is 5.56 Å². The third-order valence-corrected chi connectivity index (χ3v) is 3.61. The number of hydrogen-bond acceptors (Lipinski definition) is 2. The molecule has 1 N–H and O–H groups in total. The van der Waals surface area contributed by atoms with Gasteiger partial charge < -0.3 is 10.1 Å². The SMILES string of the molecule is FC(F)(F)c1ccc(Br)cc1NCCCOCC1CC1. The molecule has 1 aliphatic carbocycles. The second kappa shape index (κ2) is 6.80. The van der Waals surface area contributed by atoms with Gasteiger partial charge in [-0.15, -0.1) is 0 Å². The molecular formula is C14H17BrF3NO. The van der Waals surface area contributed by atoms with Gasteiger partial charge in [-0.25, -0.2) is 0 Å². The van der Waals surface area contributed by atoms with Gasteiger partial charge >= 0.3 is 6.18 Å². The number of anilines is 1. The van der Waals surface area contributed by atoms with Gasteiger partial charge in [0.15, 0.2) is 0 Å². The van der Waals surface area contributed by atoms with Gasteiger partial charge in [-0.1, -0.05) is 15.9 Å². The molecule has 0 radical (unpaired) electrons. The van der Waals surface area contributed by atoms with E-state index in [1.54, 1.807) is 0 Å². The fraction of sp³-hybridized carbons (Fsp3) is 0.571. The minimum atomic E-state index is -4.34. The van der Waals surface area contributed by atoms with Crippen LogP contribution in [0.3, 0.4) is 0 Å². The summed E-state index contributed by atoms with van der Waals surface area (Å²) in [5.74, 6) is 0.713. The van der Waals surface area contributed by atoms with Gasteiger partial charge in [0.2, 0.25) is 0 Å². The van der Waals surface area contributed by atoms with E-state index in [4.69, 9.17) is 4.74 Å². The van der Waals surface area contributed by atoms with Crippen molar-refractivity contribution in [3.8, 4) is 0 Å². The first-order valence-electron chi connectivity index (χ1n) is 6.65. The van der Waals surface area contributed by atoms with Gasteiger partial charge in [0.1, 0.15) is 0 Å². The van der Waals surface area contributed by atoms with Crippen LogP contribution in [0.2, 0.25) is 0 Å². The Kier molecular flexibility index (Phi) is 5.32. The Morgan fingerprint density at radius 1 is 1.30 bits per heavy atom. The average Bonchev–Trinajstić information content (AvgIpc) is 3.16. The first-order valence-corrected chi connectivity index (χ1v) is 7.44. The topological polar surface area (TPSA) is 21.3 Å². The molecule has 0 spiro atoms. The highest BCUT2D eigenvalue weighted by Crippen LogP contribution is 2.36. The molecule has 1 saturated carbocycles.